The van der Waals surface area contributed by atoms with Crippen molar-refractivity contribution in [1.82, 2.24) is 0 Å². The first-order valence-corrected chi connectivity index (χ1v) is 2.00. The lowest BCUT2D eigenvalue weighted by molar-refractivity contribution is 0.408. The zero-order valence-corrected chi connectivity index (χ0v) is 3.64. The molecular weight excluding hydrogens is 78.0 g/mol. The Labute approximate surface area is 36.6 Å². The van der Waals surface area contributed by atoms with Crippen LogP contribution in [0.1, 0.15) is 6.92 Å². The van der Waals surface area contributed by atoms with Crippen LogP contribution in [-0.2, 0) is 4.74 Å². The van der Waals surface area contributed by atoms with Gasteiger partial charge in [-0.3, -0.25) is 0 Å². The van der Waals surface area contributed by atoms with E-state index in [4.69, 9.17) is 10.1 Å². The smallest absolute Gasteiger partial charge is 0.118 e. The largest absolute Gasteiger partial charge is 0.364 e. The van der Waals surface area contributed by atoms with Gasteiger partial charge in [-0.15, -0.1) is 0 Å². The molecule has 1 rings (SSSR count). The molecule has 1 saturated heterocycles. The highest BCUT2D eigenvalue weighted by atomic mass is 16.6. The summed E-state index contributed by atoms with van der Waals surface area (Å²) in [7, 11) is 0. The molecule has 1 fully saturated rings. The molecule has 6 heavy (non-hydrogen) atoms. The fraction of sp³-hybridized carbons (Fsp3) is 0.750. The minimum Gasteiger partial charge on any atom is -0.364 e. The third-order valence-corrected chi connectivity index (χ3v) is 0.922. The van der Waals surface area contributed by atoms with Crippen LogP contribution in [0.5, 0.6) is 0 Å². The van der Waals surface area contributed by atoms with Crippen molar-refractivity contribution in [2.75, 3.05) is 0 Å². The average Bonchev–Trinajstić information content (AvgIpc) is 2.19. The summed E-state index contributed by atoms with van der Waals surface area (Å²) in [4.78, 5) is 0. The van der Waals surface area contributed by atoms with Gasteiger partial charge in [0.2, 0.25) is 0 Å². The van der Waals surface area contributed by atoms with Gasteiger partial charge in [-0.1, -0.05) is 0 Å². The summed E-state index contributed by atoms with van der Waals surface area (Å²) in [6, 6.07) is 0. The number of hydrogen-bond acceptors (Lipinski definition) is 2. The number of epoxide rings is 1. The zero-order valence-electron chi connectivity index (χ0n) is 3.64. The molecule has 2 heteroatoms. The lowest BCUT2D eigenvalue weighted by Gasteiger charge is -1.62. The highest BCUT2D eigenvalue weighted by Crippen LogP contribution is 2.17. The fourth-order valence-corrected chi connectivity index (χ4v) is 0.377. The van der Waals surface area contributed by atoms with Gasteiger partial charge in [0, 0.05) is 6.21 Å². The molecule has 1 heterocycles. The second-order valence-corrected chi connectivity index (χ2v) is 1.47. The van der Waals surface area contributed by atoms with Gasteiger partial charge in [0.25, 0.3) is 0 Å². The maximum absolute atomic E-state index is 6.60. The minimum atomic E-state index is 0.144. The molecule has 2 nitrogen and oxygen atoms in total. The van der Waals surface area contributed by atoms with E-state index < -0.39 is 0 Å². The Bertz CT molecular complexity index is 71.9. The van der Waals surface area contributed by atoms with Gasteiger partial charge in [0.05, 0.1) is 6.10 Å². The summed E-state index contributed by atoms with van der Waals surface area (Å²) < 4.78 is 4.82. The molecule has 0 aliphatic carbocycles. The lowest BCUT2D eigenvalue weighted by atomic mass is 10.4. The Morgan fingerprint density at radius 1 is 1.83 bits per heavy atom. The third kappa shape index (κ3) is 0.431. The van der Waals surface area contributed by atoms with Crippen molar-refractivity contribution in [2.24, 2.45) is 0 Å². The van der Waals surface area contributed by atoms with E-state index in [0.29, 0.717) is 6.10 Å². The maximum Gasteiger partial charge on any atom is 0.118 e. The Kier molecular flexibility index (Phi) is 0.665. The van der Waals surface area contributed by atoms with Crippen molar-refractivity contribution < 1.29 is 4.74 Å². The Morgan fingerprint density at radius 3 is 2.33 bits per heavy atom. The van der Waals surface area contributed by atoms with Gasteiger partial charge >= 0.3 is 0 Å². The molecule has 2 atom stereocenters. The molecule has 0 radical (unpaired) electrons. The van der Waals surface area contributed by atoms with Gasteiger partial charge < -0.3 is 10.1 Å². The molecule has 0 bridgehead atoms. The van der Waals surface area contributed by atoms with Crippen LogP contribution < -0.4 is 0 Å². The van der Waals surface area contributed by atoms with Crippen LogP contribution >= 0.6 is 0 Å². The second-order valence-electron chi connectivity index (χ2n) is 1.47. The van der Waals surface area contributed by atoms with Crippen molar-refractivity contribution in [1.29, 1.82) is 5.41 Å². The van der Waals surface area contributed by atoms with Gasteiger partial charge in [-0.05, 0) is 6.92 Å². The normalized spacial score (nSPS) is 42.2. The van der Waals surface area contributed by atoms with Crippen LogP contribution in [0.4, 0.5) is 0 Å². The van der Waals surface area contributed by atoms with Crippen LogP contribution in [0.3, 0.4) is 0 Å². The Morgan fingerprint density at radius 2 is 2.33 bits per heavy atom. The van der Waals surface area contributed by atoms with Crippen molar-refractivity contribution in [3.8, 4) is 0 Å². The summed E-state index contributed by atoms with van der Waals surface area (Å²) in [5, 5.41) is 6.60. The van der Waals surface area contributed by atoms with Crippen LogP contribution in [0, 0.1) is 5.41 Å². The number of rotatable bonds is 1. The predicted octanol–water partition coefficient (Wildman–Crippen LogP) is 0.423. The summed E-state index contributed by atoms with van der Waals surface area (Å²) in [6.45, 7) is 1.95. The molecule has 0 aromatic heterocycles. The van der Waals surface area contributed by atoms with Crippen LogP contribution in [0.15, 0.2) is 0 Å². The molecule has 2 unspecified atom stereocenters. The molecule has 0 amide bonds. The monoisotopic (exact) mass is 85.1 g/mol. The molecule has 1 N–H and O–H groups in total. The zero-order chi connectivity index (χ0) is 4.57. The standard InChI is InChI=1S/C4H7NO/c1-3-4(2-5)6-3/h2-5H,1H3. The first-order valence-electron chi connectivity index (χ1n) is 2.00. The number of hydrogen-bond donors (Lipinski definition) is 1. The summed E-state index contributed by atoms with van der Waals surface area (Å²) in [6.07, 6.45) is 1.79. The van der Waals surface area contributed by atoms with Gasteiger partial charge in [0.15, 0.2) is 0 Å². The summed E-state index contributed by atoms with van der Waals surface area (Å²) in [5.41, 5.74) is 0. The van der Waals surface area contributed by atoms with Crippen molar-refractivity contribution in [3.63, 3.8) is 0 Å². The average molecular weight is 85.1 g/mol. The molecule has 1 aliphatic rings. The quantitative estimate of drug-likeness (QED) is 0.363. The molecular formula is C4H7NO. The first-order chi connectivity index (χ1) is 2.84. The molecule has 0 saturated carbocycles. The first kappa shape index (κ1) is 3.81. The van der Waals surface area contributed by atoms with Crippen molar-refractivity contribution >= 4 is 6.21 Å². The molecule has 0 aromatic carbocycles. The van der Waals surface area contributed by atoms with Crippen molar-refractivity contribution in [3.05, 3.63) is 0 Å². The van der Waals surface area contributed by atoms with E-state index in [0.717, 1.165) is 0 Å². The SMILES string of the molecule is CC1OC1C=N. The summed E-state index contributed by atoms with van der Waals surface area (Å²) >= 11 is 0. The molecule has 1 aliphatic heterocycles. The van der Waals surface area contributed by atoms with E-state index in [9.17, 15) is 0 Å². The Balaban J connectivity index is 2.25. The van der Waals surface area contributed by atoms with Gasteiger partial charge in [-0.2, -0.15) is 0 Å². The van der Waals surface area contributed by atoms with Gasteiger partial charge in [0.1, 0.15) is 6.10 Å². The number of ether oxygens (including phenoxy) is 1. The van der Waals surface area contributed by atoms with Gasteiger partial charge in [-0.25, -0.2) is 0 Å². The highest BCUT2D eigenvalue weighted by Gasteiger charge is 2.31. The van der Waals surface area contributed by atoms with E-state index in [1.165, 1.54) is 6.21 Å². The minimum absolute atomic E-state index is 0.144. The molecule has 0 spiro atoms. The van der Waals surface area contributed by atoms with Crippen LogP contribution in [-0.4, -0.2) is 18.4 Å². The van der Waals surface area contributed by atoms with Crippen molar-refractivity contribution in [2.45, 2.75) is 19.1 Å². The highest BCUT2D eigenvalue weighted by molar-refractivity contribution is 5.63. The lowest BCUT2D eigenvalue weighted by Crippen LogP contribution is -1.85. The third-order valence-electron chi connectivity index (χ3n) is 0.922. The van der Waals surface area contributed by atoms with E-state index in [-0.39, 0.29) is 6.10 Å². The Hall–Kier alpha value is -0.370. The topological polar surface area (TPSA) is 36.4 Å². The second kappa shape index (κ2) is 1.05. The predicted molar refractivity (Wildman–Crippen MR) is 23.1 cm³/mol. The molecule has 0 aromatic rings. The molecule has 34 valence electrons. The number of nitrogens with one attached hydrogen (secondary N) is 1. The summed E-state index contributed by atoms with van der Waals surface area (Å²) in [5.74, 6) is 0. The van der Waals surface area contributed by atoms with E-state index in [1.807, 2.05) is 6.92 Å². The van der Waals surface area contributed by atoms with E-state index >= 15 is 0 Å². The van der Waals surface area contributed by atoms with E-state index in [2.05, 4.69) is 0 Å². The fourth-order valence-electron chi connectivity index (χ4n) is 0.377. The maximum atomic E-state index is 6.60. The van der Waals surface area contributed by atoms with Crippen LogP contribution in [0.25, 0.3) is 0 Å². The van der Waals surface area contributed by atoms with Crippen LogP contribution in [0.2, 0.25) is 0 Å². The van der Waals surface area contributed by atoms with E-state index in [1.54, 1.807) is 0 Å².